The fraction of sp³-hybridized carbons (Fsp3) is 0.562. The summed E-state index contributed by atoms with van der Waals surface area (Å²) in [6.07, 6.45) is 4.23. The molecule has 3 rings (SSSR count). The Morgan fingerprint density at radius 2 is 2.17 bits per heavy atom. The minimum Gasteiger partial charge on any atom is -0.374 e. The van der Waals surface area contributed by atoms with E-state index >= 15 is 0 Å². The Bertz CT molecular complexity index is 689. The van der Waals surface area contributed by atoms with Crippen molar-refractivity contribution < 1.29 is 17.9 Å². The first-order valence-electron chi connectivity index (χ1n) is 7.98. The Hall–Kier alpha value is -1.44. The molecule has 2 atom stereocenters. The van der Waals surface area contributed by atoms with Gasteiger partial charge >= 0.3 is 0 Å². The number of aryl methyl sites for hydroxylation is 1. The molecule has 1 aliphatic carbocycles. The largest absolute Gasteiger partial charge is 0.374 e. The number of nitrogens with two attached hydrogens (primary N) is 1. The molecule has 0 bridgehead atoms. The maximum atomic E-state index is 12.5. The number of ether oxygens (including phenoxy) is 1. The summed E-state index contributed by atoms with van der Waals surface area (Å²) in [6, 6.07) is 6.69. The van der Waals surface area contributed by atoms with Crippen molar-refractivity contribution in [2.24, 2.45) is 5.14 Å². The topological polar surface area (TPSA) is 89.7 Å². The van der Waals surface area contributed by atoms with E-state index in [0.717, 1.165) is 24.8 Å². The highest BCUT2D eigenvalue weighted by Crippen LogP contribution is 2.30. The van der Waals surface area contributed by atoms with Crippen molar-refractivity contribution >= 4 is 15.9 Å². The standard InChI is InChI=1S/C16H22N2O4S/c17-23(20,21)13-4-1-3-12(11-13)7-8-16(19)18-9-10-22-15-6-2-5-14(15)18/h1,3-4,11,14-15H,2,5-10H2,(H2,17,20,21)/t14-,15+/m0/s1. The van der Waals surface area contributed by atoms with Crippen LogP contribution in [0.5, 0.6) is 0 Å². The molecule has 2 N–H and O–H groups in total. The molecule has 0 radical (unpaired) electrons. The third kappa shape index (κ3) is 3.73. The van der Waals surface area contributed by atoms with Gasteiger partial charge in [-0.2, -0.15) is 0 Å². The van der Waals surface area contributed by atoms with Crippen molar-refractivity contribution in [3.63, 3.8) is 0 Å². The molecule has 23 heavy (non-hydrogen) atoms. The third-order valence-electron chi connectivity index (χ3n) is 4.66. The minimum atomic E-state index is -3.71. The van der Waals surface area contributed by atoms with Crippen LogP contribution in [0, 0.1) is 0 Å². The van der Waals surface area contributed by atoms with Crippen LogP contribution in [0.2, 0.25) is 0 Å². The highest BCUT2D eigenvalue weighted by atomic mass is 32.2. The number of hydrogen-bond donors (Lipinski definition) is 1. The molecule has 1 saturated carbocycles. The van der Waals surface area contributed by atoms with Gasteiger partial charge in [-0.25, -0.2) is 13.6 Å². The lowest BCUT2D eigenvalue weighted by Crippen LogP contribution is -2.51. The smallest absolute Gasteiger partial charge is 0.238 e. The molecule has 2 fully saturated rings. The number of fused-ring (bicyclic) bond motifs is 1. The normalized spacial score (nSPS) is 24.5. The van der Waals surface area contributed by atoms with E-state index in [1.165, 1.54) is 6.07 Å². The van der Waals surface area contributed by atoms with Gasteiger partial charge in [0, 0.05) is 13.0 Å². The molecule has 1 aromatic rings. The predicted molar refractivity (Wildman–Crippen MR) is 85.2 cm³/mol. The van der Waals surface area contributed by atoms with E-state index in [2.05, 4.69) is 0 Å². The maximum absolute atomic E-state index is 12.5. The van der Waals surface area contributed by atoms with Gasteiger partial charge in [-0.3, -0.25) is 4.79 Å². The molecular weight excluding hydrogens is 316 g/mol. The van der Waals surface area contributed by atoms with E-state index in [9.17, 15) is 13.2 Å². The monoisotopic (exact) mass is 338 g/mol. The van der Waals surface area contributed by atoms with Crippen molar-refractivity contribution in [1.82, 2.24) is 4.90 Å². The lowest BCUT2D eigenvalue weighted by molar-refractivity contribution is -0.143. The van der Waals surface area contributed by atoms with E-state index in [1.54, 1.807) is 12.1 Å². The van der Waals surface area contributed by atoms with Gasteiger partial charge < -0.3 is 9.64 Å². The predicted octanol–water partition coefficient (Wildman–Crippen LogP) is 1.05. The fourth-order valence-corrected chi connectivity index (χ4v) is 4.09. The van der Waals surface area contributed by atoms with E-state index in [-0.39, 0.29) is 22.9 Å². The Morgan fingerprint density at radius 1 is 1.35 bits per heavy atom. The number of carbonyl (C=O) groups excluding carboxylic acids is 1. The summed E-state index contributed by atoms with van der Waals surface area (Å²) in [7, 11) is -3.71. The Kier molecular flexibility index (Phi) is 4.70. The average molecular weight is 338 g/mol. The highest BCUT2D eigenvalue weighted by molar-refractivity contribution is 7.89. The van der Waals surface area contributed by atoms with Crippen molar-refractivity contribution in [3.05, 3.63) is 29.8 Å². The van der Waals surface area contributed by atoms with Gasteiger partial charge in [-0.15, -0.1) is 0 Å². The highest BCUT2D eigenvalue weighted by Gasteiger charge is 2.37. The molecule has 1 aliphatic heterocycles. The average Bonchev–Trinajstić information content (AvgIpc) is 3.00. The quantitative estimate of drug-likeness (QED) is 0.888. The van der Waals surface area contributed by atoms with Gasteiger partial charge in [0.15, 0.2) is 0 Å². The zero-order chi connectivity index (χ0) is 16.4. The number of hydrogen-bond acceptors (Lipinski definition) is 4. The Labute approximate surface area is 136 Å². The van der Waals surface area contributed by atoms with Crippen LogP contribution in [0.3, 0.4) is 0 Å². The van der Waals surface area contributed by atoms with Crippen LogP contribution in [0.15, 0.2) is 29.2 Å². The van der Waals surface area contributed by atoms with E-state index in [4.69, 9.17) is 9.88 Å². The van der Waals surface area contributed by atoms with Crippen molar-refractivity contribution in [2.75, 3.05) is 13.2 Å². The van der Waals surface area contributed by atoms with Gasteiger partial charge in [-0.05, 0) is 43.4 Å². The van der Waals surface area contributed by atoms with Gasteiger partial charge in [0.1, 0.15) is 0 Å². The van der Waals surface area contributed by atoms with Gasteiger partial charge in [0.25, 0.3) is 0 Å². The van der Waals surface area contributed by atoms with Crippen molar-refractivity contribution in [1.29, 1.82) is 0 Å². The molecule has 0 spiro atoms. The summed E-state index contributed by atoms with van der Waals surface area (Å²) in [5.74, 6) is 0.117. The third-order valence-corrected chi connectivity index (χ3v) is 5.57. The lowest BCUT2D eigenvalue weighted by atomic mass is 10.1. The van der Waals surface area contributed by atoms with Crippen LogP contribution in [0.4, 0.5) is 0 Å². The van der Waals surface area contributed by atoms with Gasteiger partial charge in [0.05, 0.1) is 23.6 Å². The van der Waals surface area contributed by atoms with E-state index < -0.39 is 10.0 Å². The molecular formula is C16H22N2O4S. The van der Waals surface area contributed by atoms with Crippen molar-refractivity contribution in [3.8, 4) is 0 Å². The number of carbonyl (C=O) groups is 1. The van der Waals surface area contributed by atoms with Crippen LogP contribution < -0.4 is 5.14 Å². The number of sulfonamides is 1. The Balaban J connectivity index is 1.63. The minimum absolute atomic E-state index is 0.0877. The van der Waals surface area contributed by atoms with Crippen molar-refractivity contribution in [2.45, 2.75) is 49.1 Å². The Morgan fingerprint density at radius 3 is 2.96 bits per heavy atom. The summed E-state index contributed by atoms with van der Waals surface area (Å²) < 4.78 is 28.5. The molecule has 0 aromatic heterocycles. The van der Waals surface area contributed by atoms with Crippen LogP contribution >= 0.6 is 0 Å². The number of amides is 1. The molecule has 6 nitrogen and oxygen atoms in total. The van der Waals surface area contributed by atoms with Crippen LogP contribution in [-0.4, -0.2) is 44.5 Å². The first kappa shape index (κ1) is 16.4. The van der Waals surface area contributed by atoms with E-state index in [1.807, 2.05) is 11.0 Å². The number of primary sulfonamides is 1. The molecule has 1 heterocycles. The second kappa shape index (κ2) is 6.59. The molecule has 1 aromatic carbocycles. The summed E-state index contributed by atoms with van der Waals surface area (Å²) in [5.41, 5.74) is 0.807. The number of rotatable bonds is 4. The first-order valence-corrected chi connectivity index (χ1v) is 9.52. The molecule has 1 saturated heterocycles. The van der Waals surface area contributed by atoms with Crippen LogP contribution in [0.1, 0.15) is 31.2 Å². The molecule has 126 valence electrons. The fourth-order valence-electron chi connectivity index (χ4n) is 3.51. The molecule has 7 heteroatoms. The number of benzene rings is 1. The van der Waals surface area contributed by atoms with Crippen LogP contribution in [-0.2, 0) is 26.0 Å². The van der Waals surface area contributed by atoms with Crippen LogP contribution in [0.25, 0.3) is 0 Å². The molecule has 1 amide bonds. The maximum Gasteiger partial charge on any atom is 0.238 e. The summed E-state index contributed by atoms with van der Waals surface area (Å²) in [5, 5.41) is 5.14. The summed E-state index contributed by atoms with van der Waals surface area (Å²) >= 11 is 0. The molecule has 2 aliphatic rings. The molecule has 0 unspecified atom stereocenters. The zero-order valence-electron chi connectivity index (χ0n) is 13.0. The lowest BCUT2D eigenvalue weighted by Gasteiger charge is -2.37. The number of nitrogens with zero attached hydrogens (tertiary/aromatic N) is 1. The first-order chi connectivity index (χ1) is 10.9. The number of morpholine rings is 1. The summed E-state index contributed by atoms with van der Waals surface area (Å²) in [6.45, 7) is 1.25. The summed E-state index contributed by atoms with van der Waals surface area (Å²) in [4.78, 5) is 14.6. The second-order valence-electron chi connectivity index (χ2n) is 6.19. The second-order valence-corrected chi connectivity index (χ2v) is 7.75. The van der Waals surface area contributed by atoms with Gasteiger partial charge in [0.2, 0.25) is 15.9 Å². The van der Waals surface area contributed by atoms with E-state index in [0.29, 0.717) is 26.0 Å². The van der Waals surface area contributed by atoms with Gasteiger partial charge in [-0.1, -0.05) is 12.1 Å². The SMILES string of the molecule is NS(=O)(=O)c1cccc(CCC(=O)N2CCO[C@@H]3CCC[C@@H]32)c1. The zero-order valence-corrected chi connectivity index (χ0v) is 13.8.